The lowest BCUT2D eigenvalue weighted by atomic mass is 10.1. The van der Waals surface area contributed by atoms with Crippen molar-refractivity contribution in [1.29, 1.82) is 0 Å². The molecule has 0 saturated carbocycles. The highest BCUT2D eigenvalue weighted by Crippen LogP contribution is 2.28. The van der Waals surface area contributed by atoms with Crippen molar-refractivity contribution in [1.82, 2.24) is 20.2 Å². The maximum Gasteiger partial charge on any atom is 0.255 e. The summed E-state index contributed by atoms with van der Waals surface area (Å²) in [5.74, 6) is -0.113. The molecule has 1 fully saturated rings. The van der Waals surface area contributed by atoms with E-state index in [0.717, 1.165) is 5.70 Å². The molecule has 154 valence electrons. The van der Waals surface area contributed by atoms with E-state index in [9.17, 15) is 9.18 Å². The first kappa shape index (κ1) is 19.3. The van der Waals surface area contributed by atoms with Crippen LogP contribution in [0.15, 0.2) is 29.5 Å². The third-order valence-corrected chi connectivity index (χ3v) is 5.30. The Morgan fingerprint density at radius 2 is 2.00 bits per heavy atom. The van der Waals surface area contributed by atoms with Crippen molar-refractivity contribution in [2.45, 2.75) is 39.5 Å². The Balaban J connectivity index is 1.51. The van der Waals surface area contributed by atoms with Gasteiger partial charge >= 0.3 is 0 Å². The molecule has 2 atom stereocenters. The molecular weight excluding hydrogens is 377 g/mol. The Labute approximate surface area is 168 Å². The Hall–Kier alpha value is -3.01. The molecule has 29 heavy (non-hydrogen) atoms. The lowest BCUT2D eigenvalue weighted by molar-refractivity contribution is -0.113. The van der Waals surface area contributed by atoms with Crippen LogP contribution < -0.4 is 15.1 Å². The number of rotatable bonds is 3. The van der Waals surface area contributed by atoms with Gasteiger partial charge in [0, 0.05) is 31.5 Å². The second-order valence-corrected chi connectivity index (χ2v) is 7.54. The van der Waals surface area contributed by atoms with Crippen molar-refractivity contribution >= 4 is 23.2 Å². The SMILES string of the molecule is CC1=C(C(=O)Nc2ccc(N3C[C@H](C)O[C@@H](C)C3)c(F)c2)Cn2nnnc2N1C. The Morgan fingerprint density at radius 1 is 1.28 bits per heavy atom. The number of tetrazole rings is 1. The summed E-state index contributed by atoms with van der Waals surface area (Å²) < 4.78 is 22.1. The fraction of sp³-hybridized carbons (Fsp3) is 0.474. The molecule has 1 saturated heterocycles. The Kier molecular flexibility index (Phi) is 4.95. The van der Waals surface area contributed by atoms with Gasteiger partial charge in [0.1, 0.15) is 5.82 Å². The minimum Gasteiger partial charge on any atom is -0.372 e. The number of fused-ring (bicyclic) bond motifs is 1. The maximum absolute atomic E-state index is 14.8. The minimum atomic E-state index is -0.377. The molecule has 1 aromatic carbocycles. The molecule has 2 aliphatic rings. The van der Waals surface area contributed by atoms with Gasteiger partial charge in [0.05, 0.1) is 30.0 Å². The van der Waals surface area contributed by atoms with Gasteiger partial charge in [-0.15, -0.1) is 0 Å². The van der Waals surface area contributed by atoms with Gasteiger partial charge in [0.15, 0.2) is 0 Å². The molecule has 3 heterocycles. The number of carbonyl (C=O) groups excluding carboxylic acids is 1. The van der Waals surface area contributed by atoms with E-state index in [4.69, 9.17) is 4.74 Å². The van der Waals surface area contributed by atoms with E-state index in [1.165, 1.54) is 6.07 Å². The van der Waals surface area contributed by atoms with Gasteiger partial charge in [0.2, 0.25) is 5.95 Å². The lowest BCUT2D eigenvalue weighted by Crippen LogP contribution is -2.45. The van der Waals surface area contributed by atoms with Crippen LogP contribution in [0.25, 0.3) is 0 Å². The van der Waals surface area contributed by atoms with Gasteiger partial charge in [-0.3, -0.25) is 4.79 Å². The van der Waals surface area contributed by atoms with Crippen LogP contribution in [-0.2, 0) is 16.1 Å². The molecule has 1 N–H and O–H groups in total. The van der Waals surface area contributed by atoms with Gasteiger partial charge in [-0.05, 0) is 49.4 Å². The first-order valence-corrected chi connectivity index (χ1v) is 9.54. The number of nitrogens with zero attached hydrogens (tertiary/aromatic N) is 6. The molecule has 1 amide bonds. The molecule has 2 aromatic rings. The quantitative estimate of drug-likeness (QED) is 0.839. The molecule has 10 heteroatoms. The summed E-state index contributed by atoms with van der Waals surface area (Å²) in [5.41, 5.74) is 2.18. The van der Waals surface area contributed by atoms with Crippen LogP contribution in [0.2, 0.25) is 0 Å². The van der Waals surface area contributed by atoms with Crippen LogP contribution >= 0.6 is 0 Å². The summed E-state index contributed by atoms with van der Waals surface area (Å²) in [4.78, 5) is 16.5. The highest BCUT2D eigenvalue weighted by Gasteiger charge is 2.27. The van der Waals surface area contributed by atoms with Crippen LogP contribution in [-0.4, -0.2) is 58.5 Å². The van der Waals surface area contributed by atoms with Crippen molar-refractivity contribution in [2.24, 2.45) is 0 Å². The third kappa shape index (κ3) is 3.67. The van der Waals surface area contributed by atoms with E-state index in [-0.39, 0.29) is 30.5 Å². The van der Waals surface area contributed by atoms with Crippen LogP contribution in [0.3, 0.4) is 0 Å². The van der Waals surface area contributed by atoms with Crippen molar-refractivity contribution in [3.05, 3.63) is 35.3 Å². The zero-order valence-electron chi connectivity index (χ0n) is 16.9. The molecule has 0 spiro atoms. The normalized spacial score (nSPS) is 22.0. The van der Waals surface area contributed by atoms with E-state index >= 15 is 0 Å². The summed E-state index contributed by atoms with van der Waals surface area (Å²) in [6, 6.07) is 4.76. The summed E-state index contributed by atoms with van der Waals surface area (Å²) in [6.45, 7) is 7.29. The topological polar surface area (TPSA) is 88.4 Å². The number of hydrogen-bond donors (Lipinski definition) is 1. The Morgan fingerprint density at radius 3 is 2.69 bits per heavy atom. The van der Waals surface area contributed by atoms with Crippen LogP contribution in [0.5, 0.6) is 0 Å². The molecule has 4 rings (SSSR count). The number of nitrogens with one attached hydrogen (secondary N) is 1. The predicted molar refractivity (Wildman–Crippen MR) is 106 cm³/mol. The fourth-order valence-corrected chi connectivity index (χ4v) is 3.82. The largest absolute Gasteiger partial charge is 0.372 e. The number of allylic oxidation sites excluding steroid dienone is 1. The molecule has 0 unspecified atom stereocenters. The number of anilines is 3. The summed E-state index contributed by atoms with van der Waals surface area (Å²) in [5, 5.41) is 14.3. The molecule has 0 radical (unpaired) electrons. The van der Waals surface area contributed by atoms with Gasteiger partial charge in [-0.25, -0.2) is 9.07 Å². The monoisotopic (exact) mass is 401 g/mol. The first-order chi connectivity index (χ1) is 13.8. The number of aromatic nitrogens is 4. The number of halogens is 1. The third-order valence-electron chi connectivity index (χ3n) is 5.30. The van der Waals surface area contributed by atoms with Crippen molar-refractivity contribution in [2.75, 3.05) is 35.3 Å². The molecule has 9 nitrogen and oxygen atoms in total. The van der Waals surface area contributed by atoms with Gasteiger partial charge < -0.3 is 19.9 Å². The van der Waals surface area contributed by atoms with E-state index in [0.29, 0.717) is 36.0 Å². The van der Waals surface area contributed by atoms with Crippen LogP contribution in [0.1, 0.15) is 20.8 Å². The summed E-state index contributed by atoms with van der Waals surface area (Å²) in [7, 11) is 1.79. The van der Waals surface area contributed by atoms with E-state index < -0.39 is 0 Å². The molecule has 2 aliphatic heterocycles. The number of hydrogen-bond acceptors (Lipinski definition) is 7. The van der Waals surface area contributed by atoms with E-state index in [2.05, 4.69) is 20.8 Å². The van der Waals surface area contributed by atoms with Crippen molar-refractivity contribution in [3.8, 4) is 0 Å². The zero-order valence-corrected chi connectivity index (χ0v) is 16.9. The lowest BCUT2D eigenvalue weighted by Gasteiger charge is -2.37. The van der Waals surface area contributed by atoms with Crippen LogP contribution in [0.4, 0.5) is 21.7 Å². The standard InChI is InChI=1S/C19H24FN7O2/c1-11-8-26(9-12(2)29-11)17-6-5-14(7-16(17)20)21-18(28)15-10-27-19(22-23-24-27)25(4)13(15)3/h5-7,11-12H,8-10H2,1-4H3,(H,21,28)/t11-,12-/m0/s1. The highest BCUT2D eigenvalue weighted by molar-refractivity contribution is 6.04. The van der Waals surface area contributed by atoms with Gasteiger partial charge in [-0.1, -0.05) is 5.10 Å². The number of carbonyl (C=O) groups is 1. The van der Waals surface area contributed by atoms with E-state index in [1.807, 2.05) is 25.7 Å². The summed E-state index contributed by atoms with van der Waals surface area (Å²) in [6.07, 6.45) is 0.0683. The number of amides is 1. The van der Waals surface area contributed by atoms with E-state index in [1.54, 1.807) is 28.8 Å². The number of benzene rings is 1. The van der Waals surface area contributed by atoms with Gasteiger partial charge in [0.25, 0.3) is 5.91 Å². The summed E-state index contributed by atoms with van der Waals surface area (Å²) >= 11 is 0. The second kappa shape index (κ2) is 7.43. The highest BCUT2D eigenvalue weighted by atomic mass is 19.1. The van der Waals surface area contributed by atoms with Crippen LogP contribution in [0, 0.1) is 5.82 Å². The first-order valence-electron chi connectivity index (χ1n) is 9.54. The zero-order chi connectivity index (χ0) is 20.7. The Bertz CT molecular complexity index is 963. The van der Waals surface area contributed by atoms with Gasteiger partial charge in [-0.2, -0.15) is 0 Å². The second-order valence-electron chi connectivity index (χ2n) is 7.54. The fourth-order valence-electron chi connectivity index (χ4n) is 3.82. The molecular formula is C19H24FN7O2. The van der Waals surface area contributed by atoms with Crippen molar-refractivity contribution in [3.63, 3.8) is 0 Å². The molecule has 0 bridgehead atoms. The average Bonchev–Trinajstić information content (AvgIpc) is 3.12. The molecule has 0 aliphatic carbocycles. The smallest absolute Gasteiger partial charge is 0.255 e. The maximum atomic E-state index is 14.8. The number of morpholine rings is 1. The predicted octanol–water partition coefficient (Wildman–Crippen LogP) is 1.79. The molecule has 1 aromatic heterocycles. The average molecular weight is 401 g/mol. The van der Waals surface area contributed by atoms with Crippen molar-refractivity contribution < 1.29 is 13.9 Å². The number of ether oxygens (including phenoxy) is 1. The minimum absolute atomic E-state index is 0.0342.